The number of amides is 1. The van der Waals surface area contributed by atoms with Gasteiger partial charge in [-0.15, -0.1) is 16.9 Å². The van der Waals surface area contributed by atoms with E-state index in [9.17, 15) is 4.79 Å². The maximum atomic E-state index is 12.5. The van der Waals surface area contributed by atoms with Crippen LogP contribution in [0.1, 0.15) is 15.9 Å². The number of hydrogen-bond donors (Lipinski definition) is 1. The highest BCUT2D eigenvalue weighted by atomic mass is 32.2. The summed E-state index contributed by atoms with van der Waals surface area (Å²) in [6.07, 6.45) is 3.51. The smallest absolute Gasteiger partial charge is 0.255 e. The first-order chi connectivity index (χ1) is 11.2. The molecule has 1 heterocycles. The van der Waals surface area contributed by atoms with Gasteiger partial charge >= 0.3 is 0 Å². The number of carbonyl (C=O) groups excluding carboxylic acids is 1. The van der Waals surface area contributed by atoms with Gasteiger partial charge in [-0.1, -0.05) is 12.1 Å². The molecule has 23 heavy (non-hydrogen) atoms. The van der Waals surface area contributed by atoms with Crippen LogP contribution >= 0.6 is 11.8 Å². The maximum Gasteiger partial charge on any atom is 0.255 e. The Hall–Kier alpha value is -2.67. The van der Waals surface area contributed by atoms with E-state index in [2.05, 4.69) is 20.8 Å². The molecule has 0 saturated heterocycles. The van der Waals surface area contributed by atoms with Crippen LogP contribution in [0, 0.1) is 6.92 Å². The number of rotatable bonds is 4. The first kappa shape index (κ1) is 15.2. The number of aromatic nitrogens is 4. The minimum absolute atomic E-state index is 0.169. The first-order valence-corrected chi connectivity index (χ1v) is 8.19. The van der Waals surface area contributed by atoms with Crippen molar-refractivity contribution in [3.8, 4) is 5.69 Å². The maximum absolute atomic E-state index is 12.5. The third kappa shape index (κ3) is 3.40. The molecule has 3 rings (SSSR count). The molecule has 0 fully saturated rings. The van der Waals surface area contributed by atoms with Gasteiger partial charge in [-0.3, -0.25) is 4.79 Å². The second-order valence-electron chi connectivity index (χ2n) is 4.94. The predicted octanol–water partition coefficient (Wildman–Crippen LogP) is 2.94. The van der Waals surface area contributed by atoms with E-state index in [0.29, 0.717) is 5.56 Å². The molecule has 0 radical (unpaired) electrons. The lowest BCUT2D eigenvalue weighted by atomic mass is 10.1. The average molecular weight is 325 g/mol. The van der Waals surface area contributed by atoms with Crippen LogP contribution < -0.4 is 5.32 Å². The number of nitrogens with one attached hydrogen (secondary N) is 1. The second-order valence-corrected chi connectivity index (χ2v) is 5.82. The Kier molecular flexibility index (Phi) is 4.38. The van der Waals surface area contributed by atoms with E-state index < -0.39 is 0 Å². The number of nitrogens with zero attached hydrogens (tertiary/aromatic N) is 4. The van der Waals surface area contributed by atoms with E-state index in [1.54, 1.807) is 28.6 Å². The molecule has 1 aromatic heterocycles. The fourth-order valence-corrected chi connectivity index (χ4v) is 2.63. The van der Waals surface area contributed by atoms with Crippen LogP contribution in [0.5, 0.6) is 0 Å². The lowest BCUT2D eigenvalue weighted by Gasteiger charge is -2.09. The summed E-state index contributed by atoms with van der Waals surface area (Å²) in [7, 11) is 0. The van der Waals surface area contributed by atoms with Gasteiger partial charge in [-0.2, -0.15) is 0 Å². The number of anilines is 1. The number of carbonyl (C=O) groups is 1. The highest BCUT2D eigenvalue weighted by Crippen LogP contribution is 2.20. The molecule has 6 nitrogen and oxygen atoms in total. The molecule has 0 atom stereocenters. The Morgan fingerprint density at radius 1 is 1.22 bits per heavy atom. The second kappa shape index (κ2) is 6.62. The monoisotopic (exact) mass is 325 g/mol. The molecule has 2 aromatic carbocycles. The minimum Gasteiger partial charge on any atom is -0.322 e. The molecular weight excluding hydrogens is 310 g/mol. The van der Waals surface area contributed by atoms with E-state index >= 15 is 0 Å². The zero-order valence-corrected chi connectivity index (χ0v) is 13.5. The normalized spacial score (nSPS) is 10.5. The highest BCUT2D eigenvalue weighted by Gasteiger charge is 2.10. The average Bonchev–Trinajstić information content (AvgIpc) is 3.09. The van der Waals surface area contributed by atoms with Crippen LogP contribution in [0.15, 0.2) is 53.7 Å². The van der Waals surface area contributed by atoms with Crippen molar-refractivity contribution in [2.75, 3.05) is 11.6 Å². The topological polar surface area (TPSA) is 72.7 Å². The van der Waals surface area contributed by atoms with Crippen LogP contribution in [0.2, 0.25) is 0 Å². The van der Waals surface area contributed by atoms with Crippen molar-refractivity contribution in [3.63, 3.8) is 0 Å². The van der Waals surface area contributed by atoms with Gasteiger partial charge < -0.3 is 5.32 Å². The summed E-state index contributed by atoms with van der Waals surface area (Å²) in [5.74, 6) is -0.169. The van der Waals surface area contributed by atoms with E-state index in [0.717, 1.165) is 21.8 Å². The molecule has 0 aliphatic heterocycles. The Morgan fingerprint density at radius 2 is 2.09 bits per heavy atom. The van der Waals surface area contributed by atoms with E-state index in [1.807, 2.05) is 43.5 Å². The molecule has 0 unspecified atom stereocenters. The van der Waals surface area contributed by atoms with Crippen LogP contribution in [-0.4, -0.2) is 32.4 Å². The number of hydrogen-bond acceptors (Lipinski definition) is 5. The summed E-state index contributed by atoms with van der Waals surface area (Å²) < 4.78 is 1.54. The van der Waals surface area contributed by atoms with Gasteiger partial charge in [0, 0.05) is 16.1 Å². The quantitative estimate of drug-likeness (QED) is 0.747. The SMILES string of the molecule is CSc1cccc(NC(=O)c2ccc(C)c(-n3cnnn3)c2)c1. The third-order valence-corrected chi connectivity index (χ3v) is 4.12. The Bertz CT molecular complexity index is 832. The summed E-state index contributed by atoms with van der Waals surface area (Å²) in [5, 5.41) is 14.0. The summed E-state index contributed by atoms with van der Waals surface area (Å²) in [4.78, 5) is 13.6. The largest absolute Gasteiger partial charge is 0.322 e. The fraction of sp³-hybridized carbons (Fsp3) is 0.125. The molecule has 116 valence electrons. The molecule has 1 amide bonds. The Morgan fingerprint density at radius 3 is 2.83 bits per heavy atom. The zero-order chi connectivity index (χ0) is 16.2. The highest BCUT2D eigenvalue weighted by molar-refractivity contribution is 7.98. The number of tetrazole rings is 1. The van der Waals surface area contributed by atoms with Crippen LogP contribution in [0.3, 0.4) is 0 Å². The van der Waals surface area contributed by atoms with Gasteiger partial charge in [0.15, 0.2) is 0 Å². The molecule has 0 spiro atoms. The molecule has 0 aliphatic rings. The number of benzene rings is 2. The van der Waals surface area contributed by atoms with Crippen molar-refractivity contribution in [2.24, 2.45) is 0 Å². The summed E-state index contributed by atoms with van der Waals surface area (Å²) in [6.45, 7) is 1.95. The molecule has 0 bridgehead atoms. The van der Waals surface area contributed by atoms with Gasteiger partial charge in [0.05, 0.1) is 5.69 Å². The molecule has 7 heteroatoms. The summed E-state index contributed by atoms with van der Waals surface area (Å²) in [6, 6.07) is 13.2. The van der Waals surface area contributed by atoms with Crippen molar-refractivity contribution in [1.82, 2.24) is 20.2 Å². The van der Waals surface area contributed by atoms with Crippen molar-refractivity contribution in [3.05, 3.63) is 59.9 Å². The Balaban J connectivity index is 1.86. The van der Waals surface area contributed by atoms with Crippen LogP contribution in [-0.2, 0) is 0 Å². The third-order valence-electron chi connectivity index (χ3n) is 3.39. The lowest BCUT2D eigenvalue weighted by Crippen LogP contribution is -2.13. The van der Waals surface area contributed by atoms with Crippen molar-refractivity contribution in [1.29, 1.82) is 0 Å². The first-order valence-electron chi connectivity index (χ1n) is 6.97. The van der Waals surface area contributed by atoms with Crippen molar-refractivity contribution >= 4 is 23.4 Å². The van der Waals surface area contributed by atoms with Gasteiger partial charge in [0.2, 0.25) is 0 Å². The summed E-state index contributed by atoms with van der Waals surface area (Å²) in [5.41, 5.74) is 3.08. The standard InChI is InChI=1S/C16H15N5OS/c1-11-6-7-12(8-15(11)21-10-17-19-20-21)16(22)18-13-4-3-5-14(9-13)23-2/h3-10H,1-2H3,(H,18,22). The van der Waals surface area contributed by atoms with Gasteiger partial charge in [0.25, 0.3) is 5.91 Å². The van der Waals surface area contributed by atoms with E-state index in [4.69, 9.17) is 0 Å². The zero-order valence-electron chi connectivity index (χ0n) is 12.7. The summed E-state index contributed by atoms with van der Waals surface area (Å²) >= 11 is 1.63. The van der Waals surface area contributed by atoms with Crippen molar-refractivity contribution < 1.29 is 4.79 Å². The Labute approximate surface area is 137 Å². The van der Waals surface area contributed by atoms with E-state index in [-0.39, 0.29) is 5.91 Å². The minimum atomic E-state index is -0.169. The predicted molar refractivity (Wildman–Crippen MR) is 90.1 cm³/mol. The van der Waals surface area contributed by atoms with Gasteiger partial charge in [-0.05, 0) is 59.5 Å². The lowest BCUT2D eigenvalue weighted by molar-refractivity contribution is 0.102. The number of aryl methyl sites for hydroxylation is 1. The van der Waals surface area contributed by atoms with Crippen LogP contribution in [0.25, 0.3) is 5.69 Å². The number of thioether (sulfide) groups is 1. The molecule has 3 aromatic rings. The van der Waals surface area contributed by atoms with Crippen molar-refractivity contribution in [2.45, 2.75) is 11.8 Å². The molecular formula is C16H15N5OS. The molecule has 1 N–H and O–H groups in total. The molecule has 0 aliphatic carbocycles. The molecule has 0 saturated carbocycles. The van der Waals surface area contributed by atoms with E-state index in [1.165, 1.54) is 6.33 Å². The fourth-order valence-electron chi connectivity index (χ4n) is 2.17. The van der Waals surface area contributed by atoms with Gasteiger partial charge in [-0.25, -0.2) is 4.68 Å². The van der Waals surface area contributed by atoms with Crippen LogP contribution in [0.4, 0.5) is 5.69 Å². The van der Waals surface area contributed by atoms with Gasteiger partial charge in [0.1, 0.15) is 6.33 Å².